The Balaban J connectivity index is 2.88. The lowest BCUT2D eigenvalue weighted by molar-refractivity contribution is 0.0938. The number of nitrogens with two attached hydrogens (primary N) is 1. The van der Waals surface area contributed by atoms with Crippen LogP contribution in [0.5, 0.6) is 5.75 Å². The number of amides is 1. The van der Waals surface area contributed by atoms with Crippen molar-refractivity contribution in [3.8, 4) is 5.75 Å². The number of likely N-dealkylation sites (N-methyl/N-ethyl adjacent to an activating group) is 1. The van der Waals surface area contributed by atoms with Crippen LogP contribution in [0.2, 0.25) is 0 Å². The standard InChI is InChI=1S/C17H27N3O4S/c1-4-20-8-6-7-12(20)11-19-17(21)13-9-16(25(22,23)5-2)14(18)10-15(13)24-3/h9-10,12H,4-8,11,18H2,1-3H3,(H,19,21)/i1D3,3D3,4D2,6D2,7D2,8D2,11D2,12D. The molecule has 2 rings (SSSR count). The smallest absolute Gasteiger partial charge is 0.255 e. The van der Waals surface area contributed by atoms with Gasteiger partial charge in [0.05, 0.1) is 35.8 Å². The van der Waals surface area contributed by atoms with E-state index in [1.807, 2.05) is 0 Å². The summed E-state index contributed by atoms with van der Waals surface area (Å²) in [6.45, 7) is -15.0. The highest BCUT2D eigenvalue weighted by molar-refractivity contribution is 7.91. The average Bonchev–Trinajstić information content (AvgIpc) is 2.84. The van der Waals surface area contributed by atoms with Crippen molar-refractivity contribution in [2.75, 3.05) is 38.0 Å². The predicted octanol–water partition coefficient (Wildman–Crippen LogP) is 1.29. The molecule has 25 heavy (non-hydrogen) atoms. The van der Waals surface area contributed by atoms with Crippen molar-refractivity contribution in [2.45, 2.75) is 37.4 Å². The Bertz CT molecular complexity index is 1360. The van der Waals surface area contributed by atoms with E-state index in [0.29, 0.717) is 12.1 Å². The SMILES string of the molecule is [2H]C([2H])([2H])Oc1cc(N)c(S(=O)(=O)CC)cc1C(=O)NC([2H])([2H])C1([2H])N(C([2H])([2H])C([2H])([2H])[2H])C([2H])([2H])C([2H])([2H])C1([2H])[2H]. The summed E-state index contributed by atoms with van der Waals surface area (Å²) < 4.78 is 164. The molecule has 1 saturated heterocycles. The fraction of sp³-hybridized carbons (Fsp3) is 0.588. The number of methoxy groups -OCH3 is 1. The summed E-state index contributed by atoms with van der Waals surface area (Å²) in [5.74, 6) is -3.33. The average molecular weight is 387 g/mol. The van der Waals surface area contributed by atoms with Gasteiger partial charge in [-0.2, -0.15) is 0 Å². The molecule has 1 aromatic rings. The van der Waals surface area contributed by atoms with Gasteiger partial charge in [0.25, 0.3) is 5.91 Å². The lowest BCUT2D eigenvalue weighted by Crippen LogP contribution is -2.40. The number of carbonyl (C=O) groups excluding carboxylic acids is 1. The number of nitrogens with one attached hydrogen (secondary N) is 1. The quantitative estimate of drug-likeness (QED) is 0.685. The van der Waals surface area contributed by atoms with E-state index in [-0.39, 0.29) is 0 Å². The molecule has 1 aliphatic rings. The number of benzene rings is 1. The first-order chi connectivity index (χ1) is 18.3. The molecule has 0 aromatic heterocycles. The summed E-state index contributed by atoms with van der Waals surface area (Å²) in [5.41, 5.74) is 4.08. The summed E-state index contributed by atoms with van der Waals surface area (Å²) in [7, 11) is -7.51. The Morgan fingerprint density at radius 2 is 2.44 bits per heavy atom. The molecule has 1 heterocycles. The van der Waals surface area contributed by atoms with Gasteiger partial charge in [-0.05, 0) is 31.8 Å². The molecule has 1 unspecified atom stereocenters. The first kappa shape index (κ1) is 6.74. The van der Waals surface area contributed by atoms with Gasteiger partial charge in [0.2, 0.25) is 0 Å². The van der Waals surface area contributed by atoms with Crippen LogP contribution in [0, 0.1) is 0 Å². The van der Waals surface area contributed by atoms with Gasteiger partial charge in [-0.15, -0.1) is 0 Å². The van der Waals surface area contributed by atoms with Crippen molar-refractivity contribution in [2.24, 2.45) is 0 Å². The number of hydrogen-bond acceptors (Lipinski definition) is 6. The van der Waals surface area contributed by atoms with Crippen molar-refractivity contribution < 1.29 is 41.3 Å². The Hall–Kier alpha value is -1.80. The van der Waals surface area contributed by atoms with E-state index >= 15 is 0 Å². The maximum atomic E-state index is 13.4. The normalized spacial score (nSPS) is 39.5. The third-order valence-electron chi connectivity index (χ3n) is 3.16. The first-order valence-electron chi connectivity index (χ1n) is 15.3. The van der Waals surface area contributed by atoms with E-state index in [4.69, 9.17) is 29.0 Å². The van der Waals surface area contributed by atoms with Crippen molar-refractivity contribution in [3.63, 3.8) is 0 Å². The lowest BCUT2D eigenvalue weighted by Gasteiger charge is -2.23. The highest BCUT2D eigenvalue weighted by atomic mass is 32.2. The Labute approximate surface area is 173 Å². The van der Waals surface area contributed by atoms with E-state index in [1.165, 1.54) is 12.2 Å². The molecule has 1 amide bonds. The third-order valence-corrected chi connectivity index (χ3v) is 4.94. The van der Waals surface area contributed by atoms with Gasteiger partial charge in [0.15, 0.2) is 9.84 Å². The summed E-state index contributed by atoms with van der Waals surface area (Å²) >= 11 is 0. The number of anilines is 1. The van der Waals surface area contributed by atoms with Crippen molar-refractivity contribution in [3.05, 3.63) is 17.7 Å². The number of hydrogen-bond donors (Lipinski definition) is 2. The number of likely N-dealkylation sites (tertiary alicyclic amines) is 1. The minimum atomic E-state index is -4.24. The molecule has 0 saturated carbocycles. The van der Waals surface area contributed by atoms with E-state index in [9.17, 15) is 13.2 Å². The zero-order valence-corrected chi connectivity index (χ0v) is 13.7. The molecule has 1 atom stereocenters. The minimum Gasteiger partial charge on any atom is -0.496 e. The largest absolute Gasteiger partial charge is 0.496 e. The van der Waals surface area contributed by atoms with Gasteiger partial charge in [-0.25, -0.2) is 8.42 Å². The van der Waals surface area contributed by atoms with Crippen LogP contribution in [0.1, 0.15) is 60.2 Å². The number of ether oxygens (including phenoxy) is 1. The maximum Gasteiger partial charge on any atom is 0.255 e. The van der Waals surface area contributed by atoms with E-state index in [0.717, 1.165) is 0 Å². The molecule has 7 nitrogen and oxygen atoms in total. The second-order valence-corrected chi connectivity index (χ2v) is 6.88. The second kappa shape index (κ2) is 8.05. The van der Waals surface area contributed by atoms with Gasteiger partial charge >= 0.3 is 0 Å². The molecule has 3 N–H and O–H groups in total. The Morgan fingerprint density at radius 3 is 3.12 bits per heavy atom. The van der Waals surface area contributed by atoms with Gasteiger partial charge in [0, 0.05) is 35.0 Å². The molecular formula is C17H27N3O4S. The predicted molar refractivity (Wildman–Crippen MR) is 97.7 cm³/mol. The number of sulfone groups is 1. The maximum absolute atomic E-state index is 13.4. The second-order valence-electron chi connectivity index (χ2n) is 4.63. The van der Waals surface area contributed by atoms with Crippen LogP contribution in [0.15, 0.2) is 17.0 Å². The van der Waals surface area contributed by atoms with Crippen LogP contribution in [0.3, 0.4) is 0 Å². The van der Waals surface area contributed by atoms with Gasteiger partial charge in [-0.1, -0.05) is 13.8 Å². The number of rotatable bonds is 7. The van der Waals surface area contributed by atoms with Gasteiger partial charge < -0.3 is 15.8 Å². The van der Waals surface area contributed by atoms with Crippen LogP contribution in [0.4, 0.5) is 5.69 Å². The van der Waals surface area contributed by atoms with E-state index in [2.05, 4.69) is 4.74 Å². The number of nitrogen functional groups attached to an aromatic ring is 1. The van der Waals surface area contributed by atoms with Crippen molar-refractivity contribution in [1.29, 1.82) is 0 Å². The van der Waals surface area contributed by atoms with Crippen LogP contribution in [-0.4, -0.2) is 57.5 Å². The molecule has 1 aromatic carbocycles. The fourth-order valence-electron chi connectivity index (χ4n) is 1.87. The van der Waals surface area contributed by atoms with Crippen LogP contribution in [0.25, 0.3) is 0 Å². The van der Waals surface area contributed by atoms with Crippen molar-refractivity contribution in [1.82, 2.24) is 10.2 Å². The fourth-order valence-corrected chi connectivity index (χ4v) is 2.90. The van der Waals surface area contributed by atoms with Crippen LogP contribution < -0.4 is 15.8 Å². The highest BCUT2D eigenvalue weighted by Crippen LogP contribution is 2.29. The molecule has 8 heteroatoms. The summed E-state index contributed by atoms with van der Waals surface area (Å²) in [4.78, 5) is 11.8. The zero-order valence-electron chi connectivity index (χ0n) is 29.9. The minimum absolute atomic E-state index is 0.499. The molecule has 0 bridgehead atoms. The van der Waals surface area contributed by atoms with Crippen LogP contribution >= 0.6 is 0 Å². The molecule has 0 aliphatic carbocycles. The monoisotopic (exact) mass is 386 g/mol. The van der Waals surface area contributed by atoms with Crippen LogP contribution in [-0.2, 0) is 9.84 Å². The van der Waals surface area contributed by atoms with Crippen molar-refractivity contribution >= 4 is 21.4 Å². The zero-order chi connectivity index (χ0) is 33.5. The Morgan fingerprint density at radius 1 is 1.64 bits per heavy atom. The molecule has 140 valence electrons. The van der Waals surface area contributed by atoms with Gasteiger partial charge in [0.1, 0.15) is 5.75 Å². The molecule has 1 fully saturated rings. The first-order valence-corrected chi connectivity index (χ1v) is 8.41. The number of nitrogens with zero attached hydrogens (tertiary/aromatic N) is 1. The summed E-state index contributed by atoms with van der Waals surface area (Å²) in [5, 5.41) is 1.42. The van der Waals surface area contributed by atoms with E-state index in [1.54, 1.807) is 0 Å². The highest BCUT2D eigenvalue weighted by Gasteiger charge is 2.25. The summed E-state index contributed by atoms with van der Waals surface area (Å²) in [6, 6.07) is -3.13. The molecule has 0 radical (unpaired) electrons. The van der Waals surface area contributed by atoms with E-state index < -0.39 is 100 Å². The summed E-state index contributed by atoms with van der Waals surface area (Å²) in [6.07, 6.45) is -8.10. The van der Waals surface area contributed by atoms with Gasteiger partial charge in [-0.3, -0.25) is 9.69 Å². The molecule has 0 spiro atoms. The molecular weight excluding hydrogens is 342 g/mol. The number of carbonyl (C=O) groups is 1. The molecule has 1 aliphatic heterocycles. The Kier molecular flexibility index (Phi) is 2.17. The lowest BCUT2D eigenvalue weighted by atomic mass is 10.1. The topological polar surface area (TPSA) is 102 Å². The third kappa shape index (κ3) is 4.24.